The number of nitrogens with zero attached hydrogens (tertiary/aromatic N) is 1. The highest BCUT2D eigenvalue weighted by atomic mass is 16.7. The summed E-state index contributed by atoms with van der Waals surface area (Å²) in [6.45, 7) is 8.64. The number of ketones is 1. The third-order valence-electron chi connectivity index (χ3n) is 5.02. The summed E-state index contributed by atoms with van der Waals surface area (Å²) in [7, 11) is 0. The first-order valence-electron chi connectivity index (χ1n) is 9.49. The molecule has 1 aromatic carbocycles. The summed E-state index contributed by atoms with van der Waals surface area (Å²) in [5.74, 6) is -2.21. The highest BCUT2D eigenvalue weighted by Crippen LogP contribution is 2.28. The van der Waals surface area contributed by atoms with Crippen LogP contribution in [0, 0.1) is 5.92 Å². The van der Waals surface area contributed by atoms with E-state index in [9.17, 15) is 14.4 Å². The van der Waals surface area contributed by atoms with Crippen molar-refractivity contribution in [1.29, 1.82) is 0 Å². The third-order valence-corrected chi connectivity index (χ3v) is 5.02. The molecule has 0 radical (unpaired) electrons. The molecule has 0 saturated carbocycles. The first-order valence-corrected chi connectivity index (χ1v) is 9.49. The Morgan fingerprint density at radius 1 is 1.18 bits per heavy atom. The predicted molar refractivity (Wildman–Crippen MR) is 105 cm³/mol. The van der Waals surface area contributed by atoms with Gasteiger partial charge in [0.25, 0.3) is 5.79 Å². The molecule has 2 aliphatic heterocycles. The number of Topliss-reactive ketones (excluding diaryl/α,β-unsaturated/α-hetero) is 1. The van der Waals surface area contributed by atoms with E-state index in [-0.39, 0.29) is 11.4 Å². The Morgan fingerprint density at radius 2 is 1.79 bits per heavy atom. The summed E-state index contributed by atoms with van der Waals surface area (Å²) in [5, 5.41) is 2.89. The van der Waals surface area contributed by atoms with Crippen molar-refractivity contribution in [2.45, 2.75) is 46.3 Å². The second-order valence-electron chi connectivity index (χ2n) is 7.84. The fraction of sp³-hybridized carbons (Fsp3) is 0.476. The van der Waals surface area contributed by atoms with E-state index < -0.39 is 17.7 Å². The number of benzene rings is 1. The molecule has 7 nitrogen and oxygen atoms in total. The topological polar surface area (TPSA) is 84.9 Å². The summed E-state index contributed by atoms with van der Waals surface area (Å²) in [5.41, 5.74) is 1.75. The van der Waals surface area contributed by atoms with E-state index in [1.807, 2.05) is 12.1 Å². The van der Waals surface area contributed by atoms with Gasteiger partial charge in [0.2, 0.25) is 0 Å². The van der Waals surface area contributed by atoms with Gasteiger partial charge in [0, 0.05) is 50.1 Å². The predicted octanol–water partition coefficient (Wildman–Crippen LogP) is 3.26. The SMILES string of the molecule is CC(=O)c1cc(N2CCC(C)CC2)ccc1NC=C1C(=O)OC(C)(C)OC1=O. The molecule has 2 saturated heterocycles. The van der Waals surface area contributed by atoms with Crippen molar-refractivity contribution in [1.82, 2.24) is 0 Å². The smallest absolute Gasteiger partial charge is 0.350 e. The van der Waals surface area contributed by atoms with Crippen molar-refractivity contribution in [2.24, 2.45) is 5.92 Å². The summed E-state index contributed by atoms with van der Waals surface area (Å²) >= 11 is 0. The normalized spacial score (nSPS) is 19.7. The molecule has 150 valence electrons. The van der Waals surface area contributed by atoms with Crippen LogP contribution in [-0.4, -0.2) is 36.6 Å². The largest absolute Gasteiger partial charge is 0.419 e. The third kappa shape index (κ3) is 4.35. The molecule has 0 bridgehead atoms. The quantitative estimate of drug-likeness (QED) is 0.368. The average Bonchev–Trinajstić information content (AvgIpc) is 2.60. The summed E-state index contributed by atoms with van der Waals surface area (Å²) in [4.78, 5) is 38.5. The number of hydrogen-bond acceptors (Lipinski definition) is 7. The van der Waals surface area contributed by atoms with E-state index in [1.165, 1.54) is 27.0 Å². The highest BCUT2D eigenvalue weighted by Gasteiger charge is 2.39. The zero-order valence-corrected chi connectivity index (χ0v) is 16.7. The number of ether oxygens (including phenoxy) is 2. The molecule has 2 heterocycles. The molecule has 0 amide bonds. The number of carbonyl (C=O) groups is 3. The first-order chi connectivity index (χ1) is 13.2. The number of hydrogen-bond donors (Lipinski definition) is 1. The van der Waals surface area contributed by atoms with Crippen LogP contribution in [0.15, 0.2) is 30.0 Å². The monoisotopic (exact) mass is 386 g/mol. The van der Waals surface area contributed by atoms with Gasteiger partial charge in [-0.15, -0.1) is 0 Å². The van der Waals surface area contributed by atoms with Crippen LogP contribution in [0.4, 0.5) is 11.4 Å². The van der Waals surface area contributed by atoms with Crippen molar-refractivity contribution in [3.63, 3.8) is 0 Å². The van der Waals surface area contributed by atoms with Crippen molar-refractivity contribution in [3.8, 4) is 0 Å². The number of anilines is 2. The Hall–Kier alpha value is -2.83. The first kappa shape index (κ1) is 19.9. The van der Waals surface area contributed by atoms with Crippen LogP contribution in [0.25, 0.3) is 0 Å². The number of carbonyl (C=O) groups excluding carboxylic acids is 3. The molecule has 0 aliphatic carbocycles. The lowest BCUT2D eigenvalue weighted by molar-refractivity contribution is -0.222. The molecule has 7 heteroatoms. The molecule has 2 fully saturated rings. The standard InChI is InChI=1S/C21H26N2O5/c1-13-7-9-23(10-8-13)15-5-6-18(16(11-15)14(2)24)22-12-17-19(25)27-21(3,4)28-20(17)26/h5-6,11-13,22H,7-10H2,1-4H3. The molecule has 2 aliphatic rings. The highest BCUT2D eigenvalue weighted by molar-refractivity contribution is 6.15. The van der Waals surface area contributed by atoms with E-state index in [0.717, 1.165) is 37.5 Å². The van der Waals surface area contributed by atoms with Crippen molar-refractivity contribution < 1.29 is 23.9 Å². The van der Waals surface area contributed by atoms with Gasteiger partial charge in [-0.3, -0.25) is 4.79 Å². The number of cyclic esters (lactones) is 2. The molecule has 28 heavy (non-hydrogen) atoms. The fourth-order valence-corrected chi connectivity index (χ4v) is 3.34. The fourth-order valence-electron chi connectivity index (χ4n) is 3.34. The summed E-state index contributed by atoms with van der Waals surface area (Å²) in [6.07, 6.45) is 3.48. The van der Waals surface area contributed by atoms with Crippen LogP contribution in [-0.2, 0) is 19.1 Å². The van der Waals surface area contributed by atoms with Crippen LogP contribution in [0.1, 0.15) is 50.9 Å². The zero-order valence-electron chi connectivity index (χ0n) is 16.7. The Labute approximate surface area is 164 Å². The number of rotatable bonds is 4. The van der Waals surface area contributed by atoms with Gasteiger partial charge in [0.1, 0.15) is 0 Å². The van der Waals surface area contributed by atoms with Crippen molar-refractivity contribution >= 4 is 29.1 Å². The molecular formula is C21H26N2O5. The second kappa shape index (κ2) is 7.66. The average molecular weight is 386 g/mol. The van der Waals surface area contributed by atoms with Gasteiger partial charge in [0.15, 0.2) is 11.4 Å². The minimum atomic E-state index is -1.29. The van der Waals surface area contributed by atoms with Gasteiger partial charge in [-0.1, -0.05) is 6.92 Å². The Bertz CT molecular complexity index is 813. The molecule has 0 aromatic heterocycles. The van der Waals surface area contributed by atoms with Crippen LogP contribution >= 0.6 is 0 Å². The molecule has 1 N–H and O–H groups in total. The summed E-state index contributed by atoms with van der Waals surface area (Å²) < 4.78 is 10.1. The van der Waals surface area contributed by atoms with E-state index >= 15 is 0 Å². The van der Waals surface area contributed by atoms with Crippen LogP contribution in [0.3, 0.4) is 0 Å². The molecule has 0 atom stereocenters. The minimum Gasteiger partial charge on any atom is -0.419 e. The Morgan fingerprint density at radius 3 is 2.36 bits per heavy atom. The van der Waals surface area contributed by atoms with E-state index in [0.29, 0.717) is 11.3 Å². The van der Waals surface area contributed by atoms with Crippen LogP contribution < -0.4 is 10.2 Å². The molecule has 0 spiro atoms. The molecule has 1 aromatic rings. The molecule has 3 rings (SSSR count). The van der Waals surface area contributed by atoms with Crippen LogP contribution in [0.2, 0.25) is 0 Å². The van der Waals surface area contributed by atoms with Gasteiger partial charge in [0.05, 0.1) is 0 Å². The number of piperidine rings is 1. The minimum absolute atomic E-state index is 0.108. The maximum Gasteiger partial charge on any atom is 0.350 e. The van der Waals surface area contributed by atoms with Gasteiger partial charge in [-0.2, -0.15) is 0 Å². The van der Waals surface area contributed by atoms with Gasteiger partial charge >= 0.3 is 11.9 Å². The van der Waals surface area contributed by atoms with E-state index in [1.54, 1.807) is 6.07 Å². The van der Waals surface area contributed by atoms with Gasteiger partial charge < -0.3 is 19.7 Å². The van der Waals surface area contributed by atoms with Gasteiger partial charge in [-0.25, -0.2) is 9.59 Å². The van der Waals surface area contributed by atoms with Crippen molar-refractivity contribution in [2.75, 3.05) is 23.3 Å². The zero-order chi connectivity index (χ0) is 20.5. The van der Waals surface area contributed by atoms with Gasteiger partial charge in [-0.05, 0) is 43.9 Å². The molecule has 0 unspecified atom stereocenters. The maximum atomic E-state index is 12.2. The second-order valence-corrected chi connectivity index (χ2v) is 7.84. The van der Waals surface area contributed by atoms with Crippen molar-refractivity contribution in [3.05, 3.63) is 35.5 Å². The van der Waals surface area contributed by atoms with E-state index in [4.69, 9.17) is 9.47 Å². The van der Waals surface area contributed by atoms with Crippen LogP contribution in [0.5, 0.6) is 0 Å². The number of nitrogens with one attached hydrogen (secondary N) is 1. The Balaban J connectivity index is 1.81. The Kier molecular flexibility index (Phi) is 5.45. The van der Waals surface area contributed by atoms with E-state index in [2.05, 4.69) is 17.1 Å². The lowest BCUT2D eigenvalue weighted by Gasteiger charge is -2.32. The number of esters is 2. The summed E-state index contributed by atoms with van der Waals surface area (Å²) in [6, 6.07) is 5.56. The lowest BCUT2D eigenvalue weighted by atomic mass is 9.98. The lowest BCUT2D eigenvalue weighted by Crippen LogP contribution is -2.42. The maximum absolute atomic E-state index is 12.2. The molecular weight excluding hydrogens is 360 g/mol.